The number of thioether (sulfide) groups is 1. The number of hydrogen-bond acceptors (Lipinski definition) is 7. The highest BCUT2D eigenvalue weighted by Crippen LogP contribution is 2.31. The van der Waals surface area contributed by atoms with Gasteiger partial charge in [-0.1, -0.05) is 55.5 Å². The molecule has 0 saturated carbocycles. The molecule has 1 aliphatic rings. The molecule has 6 nitrogen and oxygen atoms in total. The first-order valence-corrected chi connectivity index (χ1v) is 11.3. The van der Waals surface area contributed by atoms with Gasteiger partial charge in [-0.05, 0) is 48.7 Å². The molecule has 1 saturated heterocycles. The van der Waals surface area contributed by atoms with Crippen LogP contribution in [-0.2, 0) is 22.6 Å². The lowest BCUT2D eigenvalue weighted by atomic mass is 9.97. The Morgan fingerprint density at radius 1 is 1.12 bits per heavy atom. The van der Waals surface area contributed by atoms with Crippen molar-refractivity contribution >= 4 is 52.0 Å². The van der Waals surface area contributed by atoms with Crippen molar-refractivity contribution < 1.29 is 23.9 Å². The number of hydrogen-bond donors (Lipinski definition) is 1. The number of benzene rings is 2. The van der Waals surface area contributed by atoms with Crippen molar-refractivity contribution in [2.45, 2.75) is 40.2 Å². The Morgan fingerprint density at radius 3 is 2.41 bits per heavy atom. The van der Waals surface area contributed by atoms with Gasteiger partial charge in [0, 0.05) is 12.5 Å². The molecular weight excluding hydrogens is 446 g/mol. The van der Waals surface area contributed by atoms with Crippen LogP contribution in [0.2, 0.25) is 0 Å². The molecule has 1 heterocycles. The summed E-state index contributed by atoms with van der Waals surface area (Å²) in [7, 11) is 0. The van der Waals surface area contributed by atoms with Gasteiger partial charge < -0.3 is 14.8 Å². The number of ketones is 1. The van der Waals surface area contributed by atoms with Crippen molar-refractivity contribution in [1.82, 2.24) is 5.32 Å². The summed E-state index contributed by atoms with van der Waals surface area (Å²) >= 11 is 6.23. The van der Waals surface area contributed by atoms with E-state index in [9.17, 15) is 14.4 Å². The number of nitrogens with one attached hydrogen (secondary N) is 1. The summed E-state index contributed by atoms with van der Waals surface area (Å²) in [4.78, 5) is 36.0. The predicted molar refractivity (Wildman–Crippen MR) is 129 cm³/mol. The molecule has 0 radical (unpaired) electrons. The number of thiocarbonyl (C=S) groups is 1. The zero-order valence-electron chi connectivity index (χ0n) is 18.0. The number of rotatable bonds is 8. The van der Waals surface area contributed by atoms with Crippen LogP contribution in [0.5, 0.6) is 11.5 Å². The molecular formula is C24H23NO5S2. The molecule has 0 bridgehead atoms. The van der Waals surface area contributed by atoms with E-state index in [0.29, 0.717) is 32.7 Å². The minimum Gasteiger partial charge on any atom is -0.489 e. The van der Waals surface area contributed by atoms with Gasteiger partial charge in [0.25, 0.3) is 5.91 Å². The molecule has 0 atom stereocenters. The monoisotopic (exact) mass is 469 g/mol. The Hall–Kier alpha value is -2.97. The molecule has 2 aromatic carbocycles. The minimum atomic E-state index is -0.470. The van der Waals surface area contributed by atoms with Gasteiger partial charge in [-0.15, -0.1) is 0 Å². The van der Waals surface area contributed by atoms with Crippen molar-refractivity contribution in [3.63, 3.8) is 0 Å². The van der Waals surface area contributed by atoms with Gasteiger partial charge in [0.05, 0.1) is 10.5 Å². The average Bonchev–Trinajstić information content (AvgIpc) is 3.05. The summed E-state index contributed by atoms with van der Waals surface area (Å²) in [5, 5.41) is 2.59. The second kappa shape index (κ2) is 10.6. The summed E-state index contributed by atoms with van der Waals surface area (Å²) in [6, 6.07) is 10.9. The Bertz CT molecular complexity index is 1110. The summed E-state index contributed by atoms with van der Waals surface area (Å²) in [6.45, 7) is 5.05. The van der Waals surface area contributed by atoms with E-state index in [2.05, 4.69) is 5.32 Å². The fourth-order valence-electron chi connectivity index (χ4n) is 3.26. The van der Waals surface area contributed by atoms with E-state index in [1.54, 1.807) is 12.1 Å². The Morgan fingerprint density at radius 2 is 1.84 bits per heavy atom. The maximum atomic E-state index is 12.0. The first-order valence-electron chi connectivity index (χ1n) is 10.1. The van der Waals surface area contributed by atoms with Gasteiger partial charge in [0.1, 0.15) is 22.4 Å². The van der Waals surface area contributed by atoms with E-state index in [1.165, 1.54) is 25.6 Å². The lowest BCUT2D eigenvalue weighted by Crippen LogP contribution is -2.17. The van der Waals surface area contributed by atoms with E-state index in [0.717, 1.165) is 23.1 Å². The van der Waals surface area contributed by atoms with Crippen LogP contribution in [0.25, 0.3) is 6.08 Å². The highest BCUT2D eigenvalue weighted by atomic mass is 32.2. The molecule has 1 aliphatic heterocycles. The SMILES string of the molecule is CCCc1c(COc2ccc(C=C3SC(=S)NC3=O)cc2)ccc(C(C)=O)c1OC(C)=O. The van der Waals surface area contributed by atoms with Crippen molar-refractivity contribution in [1.29, 1.82) is 0 Å². The standard InChI is InChI=1S/C24H23NO5S2/c1-4-5-20-17(8-11-19(14(2)26)22(20)30-15(3)27)13-29-18-9-6-16(7-10-18)12-21-23(28)25-24(31)32-21/h6-12H,4-5,13H2,1-3H3,(H,25,28,31). The first-order chi connectivity index (χ1) is 15.3. The summed E-state index contributed by atoms with van der Waals surface area (Å²) < 4.78 is 11.8. The number of carbonyl (C=O) groups is 3. The van der Waals surface area contributed by atoms with Crippen LogP contribution in [0.1, 0.15) is 54.2 Å². The van der Waals surface area contributed by atoms with Crippen LogP contribution < -0.4 is 14.8 Å². The number of amides is 1. The molecule has 3 rings (SSSR count). The molecule has 166 valence electrons. The maximum absolute atomic E-state index is 12.0. The number of carbonyl (C=O) groups excluding carboxylic acids is 3. The third-order valence-electron chi connectivity index (χ3n) is 4.70. The topological polar surface area (TPSA) is 81.7 Å². The van der Waals surface area contributed by atoms with Crippen LogP contribution >= 0.6 is 24.0 Å². The van der Waals surface area contributed by atoms with Gasteiger partial charge in [-0.25, -0.2) is 0 Å². The first kappa shape index (κ1) is 23.7. The second-order valence-corrected chi connectivity index (χ2v) is 8.91. The van der Waals surface area contributed by atoms with E-state index in [4.69, 9.17) is 21.7 Å². The molecule has 1 amide bonds. The van der Waals surface area contributed by atoms with Crippen LogP contribution in [0.15, 0.2) is 41.3 Å². The summed E-state index contributed by atoms with van der Waals surface area (Å²) in [5.74, 6) is 0.146. The lowest BCUT2D eigenvalue weighted by molar-refractivity contribution is -0.132. The minimum absolute atomic E-state index is 0.161. The van der Waals surface area contributed by atoms with Crippen molar-refractivity contribution in [2.24, 2.45) is 0 Å². The highest BCUT2D eigenvalue weighted by Gasteiger charge is 2.22. The van der Waals surface area contributed by atoms with E-state index in [1.807, 2.05) is 37.3 Å². The third-order valence-corrected chi connectivity index (χ3v) is 5.86. The van der Waals surface area contributed by atoms with E-state index < -0.39 is 5.97 Å². The Kier molecular flexibility index (Phi) is 7.82. The van der Waals surface area contributed by atoms with Gasteiger partial charge in [-0.2, -0.15) is 0 Å². The smallest absolute Gasteiger partial charge is 0.308 e. The Balaban J connectivity index is 1.79. The second-order valence-electron chi connectivity index (χ2n) is 7.19. The highest BCUT2D eigenvalue weighted by molar-refractivity contribution is 8.26. The van der Waals surface area contributed by atoms with Gasteiger partial charge in [0.15, 0.2) is 5.78 Å². The van der Waals surface area contributed by atoms with Crippen LogP contribution in [0.4, 0.5) is 0 Å². The van der Waals surface area contributed by atoms with Gasteiger partial charge in [-0.3, -0.25) is 14.4 Å². The van der Waals surface area contributed by atoms with E-state index in [-0.39, 0.29) is 18.3 Å². The lowest BCUT2D eigenvalue weighted by Gasteiger charge is -2.17. The van der Waals surface area contributed by atoms with Crippen LogP contribution in [-0.4, -0.2) is 22.0 Å². The average molecular weight is 470 g/mol. The normalized spacial score (nSPS) is 14.4. The molecule has 1 N–H and O–H groups in total. The van der Waals surface area contributed by atoms with Crippen LogP contribution in [0.3, 0.4) is 0 Å². The number of esters is 1. The van der Waals surface area contributed by atoms with Gasteiger partial charge >= 0.3 is 5.97 Å². The van der Waals surface area contributed by atoms with Crippen molar-refractivity contribution in [3.05, 3.63) is 63.6 Å². The molecule has 1 fully saturated rings. The summed E-state index contributed by atoms with van der Waals surface area (Å²) in [6.07, 6.45) is 3.24. The predicted octanol–water partition coefficient (Wildman–Crippen LogP) is 4.83. The largest absolute Gasteiger partial charge is 0.489 e. The fraction of sp³-hybridized carbons (Fsp3) is 0.250. The molecule has 32 heavy (non-hydrogen) atoms. The van der Waals surface area contributed by atoms with Crippen molar-refractivity contribution in [2.75, 3.05) is 0 Å². The molecule has 0 unspecified atom stereocenters. The molecule has 0 spiro atoms. The molecule has 2 aromatic rings. The molecule has 8 heteroatoms. The molecule has 0 aliphatic carbocycles. The fourth-order valence-corrected chi connectivity index (χ4v) is 4.30. The maximum Gasteiger partial charge on any atom is 0.308 e. The Labute approximate surface area is 196 Å². The summed E-state index contributed by atoms with van der Waals surface area (Å²) in [5.41, 5.74) is 2.90. The quantitative estimate of drug-likeness (QED) is 0.195. The number of Topliss-reactive ketones (excluding diaryl/α,β-unsaturated/α-hetero) is 1. The van der Waals surface area contributed by atoms with E-state index >= 15 is 0 Å². The van der Waals surface area contributed by atoms with Crippen LogP contribution in [0, 0.1) is 0 Å². The zero-order valence-corrected chi connectivity index (χ0v) is 19.7. The zero-order chi connectivity index (χ0) is 23.3. The van der Waals surface area contributed by atoms with Crippen molar-refractivity contribution in [3.8, 4) is 11.5 Å². The molecule has 0 aromatic heterocycles. The van der Waals surface area contributed by atoms with Gasteiger partial charge in [0.2, 0.25) is 0 Å². The number of ether oxygens (including phenoxy) is 2. The third kappa shape index (κ3) is 5.83.